The molecule has 0 bridgehead atoms. The molecule has 0 N–H and O–H groups in total. The van der Waals surface area contributed by atoms with E-state index in [0.717, 1.165) is 5.41 Å². The number of hydrogen-bond acceptors (Lipinski definition) is 3. The summed E-state index contributed by atoms with van der Waals surface area (Å²) in [6, 6.07) is 10.7. The van der Waals surface area contributed by atoms with Crippen LogP contribution in [0.2, 0.25) is 0 Å². The summed E-state index contributed by atoms with van der Waals surface area (Å²) in [4.78, 5) is 0. The van der Waals surface area contributed by atoms with Gasteiger partial charge in [0, 0.05) is 5.41 Å². The van der Waals surface area contributed by atoms with Crippen molar-refractivity contribution in [3.8, 4) is 6.07 Å². The molecule has 0 unspecified atom stereocenters. The summed E-state index contributed by atoms with van der Waals surface area (Å²) in [5.74, 6) is 0. The van der Waals surface area contributed by atoms with Crippen LogP contribution in [-0.2, 0) is 9.84 Å². The average molecular weight is 235 g/mol. The molecule has 0 atom stereocenters. The van der Waals surface area contributed by atoms with Gasteiger partial charge in [0.2, 0.25) is 0 Å². The van der Waals surface area contributed by atoms with Crippen molar-refractivity contribution in [2.45, 2.75) is 19.1 Å². The Bertz CT molecular complexity index is 522. The van der Waals surface area contributed by atoms with E-state index in [4.69, 9.17) is 5.26 Å². The van der Waals surface area contributed by atoms with Crippen molar-refractivity contribution < 1.29 is 8.42 Å². The van der Waals surface area contributed by atoms with Gasteiger partial charge in [0.25, 0.3) is 0 Å². The molecule has 0 aliphatic carbocycles. The minimum atomic E-state index is -3.34. The Morgan fingerprint density at radius 3 is 2.31 bits per heavy atom. The van der Waals surface area contributed by atoms with Gasteiger partial charge in [0.15, 0.2) is 9.84 Å². The zero-order valence-corrected chi connectivity index (χ0v) is 10.0. The molecule has 1 aromatic carbocycles. The van der Waals surface area contributed by atoms with E-state index in [1.807, 2.05) is 12.1 Å². The van der Waals surface area contributed by atoms with Gasteiger partial charge in [-0.1, -0.05) is 30.3 Å². The molecule has 0 aliphatic rings. The summed E-state index contributed by atoms with van der Waals surface area (Å²) in [6.45, 7) is 3.18. The van der Waals surface area contributed by atoms with Gasteiger partial charge in [-0.2, -0.15) is 5.26 Å². The number of sulfone groups is 1. The third kappa shape index (κ3) is 2.94. The van der Waals surface area contributed by atoms with E-state index in [1.54, 1.807) is 38.1 Å². The van der Waals surface area contributed by atoms with Crippen molar-refractivity contribution in [2.24, 2.45) is 0 Å². The molecule has 0 heterocycles. The highest BCUT2D eigenvalue weighted by Gasteiger charge is 2.14. The van der Waals surface area contributed by atoms with Crippen LogP contribution in [0.25, 0.3) is 5.57 Å². The minimum Gasteiger partial charge on any atom is -0.224 e. The fraction of sp³-hybridized carbons (Fsp3) is 0.250. The lowest BCUT2D eigenvalue weighted by atomic mass is 10.1. The summed E-state index contributed by atoms with van der Waals surface area (Å²) < 4.78 is 23.3. The molecular weight excluding hydrogens is 222 g/mol. The standard InChI is InChI=1S/C12H13NO2S/c1-10(2)16(14,15)9-12(8-13)11-6-4-3-5-7-11/h3-7,9-10H,1-2H3. The van der Waals surface area contributed by atoms with Gasteiger partial charge in [-0.05, 0) is 19.4 Å². The van der Waals surface area contributed by atoms with Gasteiger partial charge in [-0.25, -0.2) is 8.42 Å². The Hall–Kier alpha value is -1.60. The zero-order chi connectivity index (χ0) is 12.2. The monoisotopic (exact) mass is 235 g/mol. The number of allylic oxidation sites excluding steroid dienone is 1. The fourth-order valence-electron chi connectivity index (χ4n) is 1.08. The van der Waals surface area contributed by atoms with Gasteiger partial charge in [0.05, 0.1) is 10.8 Å². The third-order valence-corrected chi connectivity index (χ3v) is 4.02. The number of nitriles is 1. The first kappa shape index (κ1) is 12.5. The minimum absolute atomic E-state index is 0.175. The molecular formula is C12H13NO2S. The number of nitrogens with zero attached hydrogens (tertiary/aromatic N) is 1. The van der Waals surface area contributed by atoms with Gasteiger partial charge < -0.3 is 0 Å². The Labute approximate surface area is 95.9 Å². The highest BCUT2D eigenvalue weighted by Crippen LogP contribution is 2.16. The topological polar surface area (TPSA) is 57.9 Å². The molecule has 0 saturated carbocycles. The quantitative estimate of drug-likeness (QED) is 0.756. The molecule has 0 radical (unpaired) electrons. The fourth-order valence-corrected chi connectivity index (χ4v) is 1.87. The van der Waals surface area contributed by atoms with Crippen molar-refractivity contribution in [1.82, 2.24) is 0 Å². The van der Waals surface area contributed by atoms with E-state index in [1.165, 1.54) is 0 Å². The van der Waals surface area contributed by atoms with Crippen molar-refractivity contribution in [3.05, 3.63) is 41.3 Å². The van der Waals surface area contributed by atoms with Crippen LogP contribution >= 0.6 is 0 Å². The van der Waals surface area contributed by atoms with Gasteiger partial charge in [-0.15, -0.1) is 0 Å². The van der Waals surface area contributed by atoms with Crippen LogP contribution in [0, 0.1) is 11.3 Å². The van der Waals surface area contributed by atoms with Gasteiger partial charge in [-0.3, -0.25) is 0 Å². The van der Waals surface area contributed by atoms with E-state index in [0.29, 0.717) is 5.56 Å². The predicted molar refractivity (Wildman–Crippen MR) is 64.1 cm³/mol. The van der Waals surface area contributed by atoms with Crippen molar-refractivity contribution >= 4 is 15.4 Å². The third-order valence-electron chi connectivity index (χ3n) is 2.14. The number of hydrogen-bond donors (Lipinski definition) is 0. The van der Waals surface area contributed by atoms with E-state index < -0.39 is 15.1 Å². The largest absolute Gasteiger partial charge is 0.224 e. The van der Waals surface area contributed by atoms with E-state index >= 15 is 0 Å². The van der Waals surface area contributed by atoms with Crippen molar-refractivity contribution in [3.63, 3.8) is 0 Å². The second kappa shape index (κ2) is 4.95. The highest BCUT2D eigenvalue weighted by atomic mass is 32.2. The zero-order valence-electron chi connectivity index (χ0n) is 9.21. The van der Waals surface area contributed by atoms with Crippen LogP contribution in [0.4, 0.5) is 0 Å². The van der Waals surface area contributed by atoms with Crippen molar-refractivity contribution in [2.75, 3.05) is 0 Å². The van der Waals surface area contributed by atoms with E-state index in [9.17, 15) is 8.42 Å². The summed E-state index contributed by atoms with van der Waals surface area (Å²) in [5.41, 5.74) is 0.795. The van der Waals surface area contributed by atoms with Gasteiger partial charge >= 0.3 is 0 Å². The maximum absolute atomic E-state index is 11.6. The molecule has 1 aromatic rings. The van der Waals surface area contributed by atoms with E-state index in [2.05, 4.69) is 0 Å². The molecule has 0 saturated heterocycles. The Morgan fingerprint density at radius 1 is 1.31 bits per heavy atom. The summed E-state index contributed by atoms with van der Waals surface area (Å²) >= 11 is 0. The normalized spacial score (nSPS) is 12.5. The first-order valence-electron chi connectivity index (χ1n) is 4.88. The molecule has 3 nitrogen and oxygen atoms in total. The van der Waals surface area contributed by atoms with Crippen LogP contribution in [0.3, 0.4) is 0 Å². The lowest BCUT2D eigenvalue weighted by Gasteiger charge is -2.03. The Balaban J connectivity index is 3.22. The van der Waals surface area contributed by atoms with Crippen LogP contribution in [0.1, 0.15) is 19.4 Å². The molecule has 84 valence electrons. The average Bonchev–Trinajstić information content (AvgIpc) is 2.27. The van der Waals surface area contributed by atoms with E-state index in [-0.39, 0.29) is 5.57 Å². The Morgan fingerprint density at radius 2 is 1.88 bits per heavy atom. The maximum Gasteiger partial charge on any atom is 0.175 e. The van der Waals surface area contributed by atoms with Gasteiger partial charge in [0.1, 0.15) is 6.07 Å². The second-order valence-electron chi connectivity index (χ2n) is 3.65. The molecule has 4 heteroatoms. The molecule has 0 spiro atoms. The molecule has 0 fully saturated rings. The van der Waals surface area contributed by atoms with Crippen LogP contribution in [-0.4, -0.2) is 13.7 Å². The number of rotatable bonds is 3. The number of benzene rings is 1. The molecule has 0 amide bonds. The highest BCUT2D eigenvalue weighted by molar-refractivity contribution is 7.95. The summed E-state index contributed by atoms with van der Waals surface area (Å²) in [5, 5.41) is 9.48. The summed E-state index contributed by atoms with van der Waals surface area (Å²) in [6.07, 6.45) is 0. The SMILES string of the molecule is CC(C)S(=O)(=O)C=C(C#N)c1ccccc1. The summed E-state index contributed by atoms with van der Waals surface area (Å²) in [7, 11) is -3.34. The maximum atomic E-state index is 11.6. The predicted octanol–water partition coefficient (Wildman–Crippen LogP) is 2.37. The smallest absolute Gasteiger partial charge is 0.175 e. The molecule has 16 heavy (non-hydrogen) atoms. The van der Waals surface area contributed by atoms with Crippen LogP contribution in [0.15, 0.2) is 35.7 Å². The molecule has 0 aliphatic heterocycles. The van der Waals surface area contributed by atoms with Crippen LogP contribution < -0.4 is 0 Å². The Kier molecular flexibility index (Phi) is 3.86. The molecule has 1 rings (SSSR count). The first-order chi connectivity index (χ1) is 7.47. The second-order valence-corrected chi connectivity index (χ2v) is 6.00. The van der Waals surface area contributed by atoms with Crippen LogP contribution in [0.5, 0.6) is 0 Å². The molecule has 0 aromatic heterocycles. The lowest BCUT2D eigenvalue weighted by molar-refractivity contribution is 0.596. The lowest BCUT2D eigenvalue weighted by Crippen LogP contribution is -2.10. The first-order valence-corrected chi connectivity index (χ1v) is 6.49. The van der Waals surface area contributed by atoms with Crippen molar-refractivity contribution in [1.29, 1.82) is 5.26 Å².